The first-order valence-electron chi connectivity index (χ1n) is 10.7. The summed E-state index contributed by atoms with van der Waals surface area (Å²) in [5.74, 6) is -0.247. The number of sulfonamides is 1. The molecule has 1 aliphatic rings. The lowest BCUT2D eigenvalue weighted by atomic mass is 10.2. The van der Waals surface area contributed by atoms with Crippen LogP contribution in [0.4, 0.5) is 0 Å². The lowest BCUT2D eigenvalue weighted by Crippen LogP contribution is -2.41. The molecule has 0 spiro atoms. The highest BCUT2D eigenvalue weighted by Crippen LogP contribution is 2.24. The van der Waals surface area contributed by atoms with Gasteiger partial charge in [-0.05, 0) is 44.0 Å². The van der Waals surface area contributed by atoms with Gasteiger partial charge < -0.3 is 4.57 Å². The molecule has 0 aliphatic carbocycles. The number of aryl methyl sites for hydroxylation is 3. The molecule has 0 atom stereocenters. The van der Waals surface area contributed by atoms with Gasteiger partial charge in [0.1, 0.15) is 11.3 Å². The van der Waals surface area contributed by atoms with E-state index in [0.717, 1.165) is 42.4 Å². The van der Waals surface area contributed by atoms with Gasteiger partial charge in [0.2, 0.25) is 10.0 Å². The maximum Gasteiger partial charge on any atom is 0.272 e. The van der Waals surface area contributed by atoms with Crippen LogP contribution in [0.1, 0.15) is 51.5 Å². The Kier molecular flexibility index (Phi) is 6.17. The molecule has 0 saturated heterocycles. The number of pyridine rings is 1. The number of amides is 2. The fraction of sp³-hybridized carbons (Fsp3) is 0.364. The molecule has 3 aromatic rings. The third-order valence-corrected chi connectivity index (χ3v) is 7.41. The number of carbonyl (C=O) groups is 2. The van der Waals surface area contributed by atoms with Gasteiger partial charge in [-0.25, -0.2) is 22.7 Å². The normalized spacial score (nSPS) is 14.1. The molecule has 174 valence electrons. The molecule has 3 heterocycles. The molecule has 0 fully saturated rings. The van der Waals surface area contributed by atoms with Crippen LogP contribution >= 0.6 is 0 Å². The van der Waals surface area contributed by atoms with E-state index >= 15 is 0 Å². The maximum absolute atomic E-state index is 12.9. The minimum absolute atomic E-state index is 0.0162. The van der Waals surface area contributed by atoms with Crippen molar-refractivity contribution in [3.63, 3.8) is 0 Å². The minimum atomic E-state index is -3.69. The quantitative estimate of drug-likeness (QED) is 0.560. The number of hydrazine groups is 1. The Labute approximate surface area is 192 Å². The average Bonchev–Trinajstić information content (AvgIpc) is 2.97. The highest BCUT2D eigenvalue weighted by Gasteiger charge is 2.22. The average molecular weight is 471 g/mol. The summed E-state index contributed by atoms with van der Waals surface area (Å²) in [6.45, 7) is 2.62. The van der Waals surface area contributed by atoms with Crippen LogP contribution in [0.2, 0.25) is 0 Å². The molecule has 11 heteroatoms. The number of nitrogens with one attached hydrogen (secondary N) is 2. The van der Waals surface area contributed by atoms with E-state index in [-0.39, 0.29) is 10.5 Å². The van der Waals surface area contributed by atoms with E-state index in [1.165, 1.54) is 38.4 Å². The van der Waals surface area contributed by atoms with E-state index in [4.69, 9.17) is 0 Å². The van der Waals surface area contributed by atoms with Gasteiger partial charge in [0.05, 0.1) is 10.5 Å². The van der Waals surface area contributed by atoms with Crippen LogP contribution in [-0.4, -0.2) is 53.2 Å². The predicted octanol–water partition coefficient (Wildman–Crippen LogP) is 1.79. The number of hydrogen-bond acceptors (Lipinski definition) is 6. The Balaban J connectivity index is 1.56. The van der Waals surface area contributed by atoms with E-state index in [1.807, 2.05) is 6.92 Å². The lowest BCUT2D eigenvalue weighted by molar-refractivity contribution is 0.0847. The Morgan fingerprint density at radius 3 is 2.55 bits per heavy atom. The number of rotatable bonds is 4. The number of carbonyl (C=O) groups excluding carboxylic acids is 2. The van der Waals surface area contributed by atoms with Crippen molar-refractivity contribution in [3.05, 3.63) is 53.0 Å². The zero-order valence-corrected chi connectivity index (χ0v) is 19.6. The van der Waals surface area contributed by atoms with Gasteiger partial charge in [0, 0.05) is 38.3 Å². The van der Waals surface area contributed by atoms with Crippen LogP contribution in [0.25, 0.3) is 11.2 Å². The second-order valence-corrected chi connectivity index (χ2v) is 10.3. The highest BCUT2D eigenvalue weighted by atomic mass is 32.2. The summed E-state index contributed by atoms with van der Waals surface area (Å²) < 4.78 is 27.8. The first kappa shape index (κ1) is 22.9. The van der Waals surface area contributed by atoms with Gasteiger partial charge in [-0.3, -0.25) is 20.4 Å². The van der Waals surface area contributed by atoms with Crippen LogP contribution in [0, 0.1) is 6.92 Å². The molecule has 0 saturated carbocycles. The monoisotopic (exact) mass is 470 g/mol. The van der Waals surface area contributed by atoms with E-state index in [0.29, 0.717) is 22.4 Å². The second kappa shape index (κ2) is 8.91. The van der Waals surface area contributed by atoms with Crippen molar-refractivity contribution >= 4 is 33.0 Å². The Morgan fingerprint density at radius 2 is 1.79 bits per heavy atom. The van der Waals surface area contributed by atoms with Crippen molar-refractivity contribution in [2.24, 2.45) is 0 Å². The van der Waals surface area contributed by atoms with Crippen LogP contribution < -0.4 is 10.9 Å². The van der Waals surface area contributed by atoms with Crippen LogP contribution in [0.15, 0.2) is 35.2 Å². The van der Waals surface area contributed by atoms with Gasteiger partial charge in [-0.2, -0.15) is 0 Å². The molecule has 0 bridgehead atoms. The second-order valence-electron chi connectivity index (χ2n) is 8.20. The van der Waals surface area contributed by atoms with Gasteiger partial charge in [-0.1, -0.05) is 12.5 Å². The molecule has 4 rings (SSSR count). The van der Waals surface area contributed by atoms with E-state index in [2.05, 4.69) is 25.4 Å². The van der Waals surface area contributed by atoms with Crippen molar-refractivity contribution in [3.8, 4) is 0 Å². The lowest BCUT2D eigenvalue weighted by Gasteiger charge is -2.12. The summed E-state index contributed by atoms with van der Waals surface area (Å²) in [5.41, 5.74) is 7.04. The van der Waals surface area contributed by atoms with Crippen LogP contribution in [0.3, 0.4) is 0 Å². The van der Waals surface area contributed by atoms with Crippen molar-refractivity contribution in [2.45, 2.75) is 44.0 Å². The Hall–Kier alpha value is -3.31. The largest absolute Gasteiger partial charge is 0.313 e. The number of nitrogens with zero attached hydrogens (tertiary/aromatic N) is 4. The van der Waals surface area contributed by atoms with E-state index < -0.39 is 21.8 Å². The molecule has 2 aromatic heterocycles. The summed E-state index contributed by atoms with van der Waals surface area (Å²) in [7, 11) is -0.868. The van der Waals surface area contributed by atoms with Gasteiger partial charge >= 0.3 is 0 Å². The van der Waals surface area contributed by atoms with E-state index in [9.17, 15) is 18.0 Å². The van der Waals surface area contributed by atoms with Crippen molar-refractivity contribution in [1.82, 2.24) is 29.7 Å². The van der Waals surface area contributed by atoms with E-state index in [1.54, 1.807) is 6.07 Å². The number of fused-ring (bicyclic) bond motifs is 3. The fourth-order valence-corrected chi connectivity index (χ4v) is 4.80. The number of benzene rings is 1. The summed E-state index contributed by atoms with van der Waals surface area (Å²) in [6.07, 6.45) is 4.04. The number of aromatic nitrogens is 3. The SMILES string of the molecule is Cc1cc(C(=O)NNC(=O)c2cccc(S(=O)(=O)N(C)C)c2)c2nc3n(c2n1)CCCCC3. The molecule has 1 aliphatic heterocycles. The Bertz CT molecular complexity index is 1350. The topological polar surface area (TPSA) is 126 Å². The maximum atomic E-state index is 12.9. The summed E-state index contributed by atoms with van der Waals surface area (Å²) >= 11 is 0. The van der Waals surface area contributed by atoms with Gasteiger partial charge in [0.15, 0.2) is 5.65 Å². The molecule has 10 nitrogen and oxygen atoms in total. The first-order valence-corrected chi connectivity index (χ1v) is 12.1. The number of imidazole rings is 1. The third-order valence-electron chi connectivity index (χ3n) is 5.60. The molecule has 0 unspecified atom stereocenters. The summed E-state index contributed by atoms with van der Waals surface area (Å²) in [4.78, 5) is 34.8. The molecule has 1 aromatic carbocycles. The number of hydrogen-bond donors (Lipinski definition) is 2. The zero-order valence-electron chi connectivity index (χ0n) is 18.8. The molecular formula is C22H26N6O4S. The van der Waals surface area contributed by atoms with Crippen molar-refractivity contribution in [1.29, 1.82) is 0 Å². The fourth-order valence-electron chi connectivity index (χ4n) is 3.85. The van der Waals surface area contributed by atoms with Crippen LogP contribution in [-0.2, 0) is 23.0 Å². The van der Waals surface area contributed by atoms with Crippen LogP contribution in [0.5, 0.6) is 0 Å². The first-order chi connectivity index (χ1) is 15.7. The van der Waals surface area contributed by atoms with Gasteiger partial charge in [-0.15, -0.1) is 0 Å². The molecule has 2 N–H and O–H groups in total. The highest BCUT2D eigenvalue weighted by molar-refractivity contribution is 7.89. The third kappa shape index (κ3) is 4.46. The summed E-state index contributed by atoms with van der Waals surface area (Å²) in [5, 5.41) is 0. The Morgan fingerprint density at radius 1 is 1.03 bits per heavy atom. The zero-order chi connectivity index (χ0) is 23.8. The van der Waals surface area contributed by atoms with Gasteiger partial charge in [0.25, 0.3) is 11.8 Å². The standard InChI is InChI=1S/C22H26N6O4S/c1-14-12-17(19-20(23-14)28-11-6-4-5-10-18(28)24-19)22(30)26-25-21(29)15-8-7-9-16(13-15)33(31,32)27(2)3/h7-9,12-13H,4-6,10-11H2,1-3H3,(H,25,29)(H,26,30). The molecular weight excluding hydrogens is 444 g/mol. The molecule has 33 heavy (non-hydrogen) atoms. The minimum Gasteiger partial charge on any atom is -0.313 e. The van der Waals surface area contributed by atoms with Crippen molar-refractivity contribution in [2.75, 3.05) is 14.1 Å². The summed E-state index contributed by atoms with van der Waals surface area (Å²) in [6, 6.07) is 7.25. The predicted molar refractivity (Wildman–Crippen MR) is 122 cm³/mol. The molecule has 0 radical (unpaired) electrons. The molecule has 2 amide bonds. The van der Waals surface area contributed by atoms with Crippen molar-refractivity contribution < 1.29 is 18.0 Å². The smallest absolute Gasteiger partial charge is 0.272 e.